The summed E-state index contributed by atoms with van der Waals surface area (Å²) >= 11 is 0. The molecule has 0 radical (unpaired) electrons. The van der Waals surface area contributed by atoms with E-state index in [4.69, 9.17) is 14.2 Å². The van der Waals surface area contributed by atoms with Crippen molar-refractivity contribution in [3.05, 3.63) is 287 Å². The Morgan fingerprint density at radius 1 is 0.309 bits per heavy atom. The first kappa shape index (κ1) is 55.6. The van der Waals surface area contributed by atoms with Gasteiger partial charge in [0.2, 0.25) is 0 Å². The Hall–Kier alpha value is -8.73. The molecule has 0 heterocycles. The van der Waals surface area contributed by atoms with Crippen LogP contribution in [-0.4, -0.2) is 33.2 Å². The molecule has 3 N–H and O–H groups in total. The summed E-state index contributed by atoms with van der Waals surface area (Å²) in [6.45, 7) is 0. The van der Waals surface area contributed by atoms with Crippen LogP contribution in [0.15, 0.2) is 237 Å². The van der Waals surface area contributed by atoms with Crippen LogP contribution in [0.2, 0.25) is 0 Å². The lowest BCUT2D eigenvalue weighted by atomic mass is 9.84. The van der Waals surface area contributed by atoms with Crippen molar-refractivity contribution in [3.8, 4) is 33.4 Å². The molecule has 0 bridgehead atoms. The maximum atomic E-state index is 12.6. The molecular weight excluding hydrogens is 1010 g/mol. The average Bonchev–Trinajstić information content (AvgIpc) is 3.58. The third kappa shape index (κ3) is 13.5. The maximum absolute atomic E-state index is 12.6. The highest BCUT2D eigenvalue weighted by Crippen LogP contribution is 2.43. The van der Waals surface area contributed by atoms with E-state index in [1.54, 1.807) is 72.8 Å². The number of carbonyl (C=O) groups is 3. The van der Waals surface area contributed by atoms with Gasteiger partial charge in [-0.15, -0.1) is 0 Å². The first-order valence-electron chi connectivity index (χ1n) is 28.0. The number of hydrogen-bond acceptors (Lipinski definition) is 9. The van der Waals surface area contributed by atoms with Crippen molar-refractivity contribution in [1.82, 2.24) is 0 Å². The average molecular weight is 1080 g/mol. The molecule has 3 aliphatic carbocycles. The zero-order valence-electron chi connectivity index (χ0n) is 45.1. The summed E-state index contributed by atoms with van der Waals surface area (Å²) < 4.78 is 17.4. The Labute approximate surface area is 474 Å². The molecule has 81 heavy (non-hydrogen) atoms. The van der Waals surface area contributed by atoms with Crippen molar-refractivity contribution in [2.75, 3.05) is 0 Å². The summed E-state index contributed by atoms with van der Waals surface area (Å²) in [5.74, 6) is -1.79. The molecule has 9 nitrogen and oxygen atoms in total. The van der Waals surface area contributed by atoms with Crippen LogP contribution in [-0.2, 0) is 47.9 Å². The quantitative estimate of drug-likeness (QED) is 0.0806. The number of fused-ring (bicyclic) bond motifs is 3. The van der Waals surface area contributed by atoms with Crippen molar-refractivity contribution in [2.24, 2.45) is 0 Å². The normalized spacial score (nSPS) is 17.0. The fourth-order valence-electron chi connectivity index (χ4n) is 11.4. The summed E-state index contributed by atoms with van der Waals surface area (Å²) in [5.41, 5.74) is 15.1. The molecule has 0 aromatic heterocycles. The van der Waals surface area contributed by atoms with Gasteiger partial charge in [-0.3, -0.25) is 0 Å². The predicted octanol–water partition coefficient (Wildman–Crippen LogP) is 15.0. The number of aliphatic hydroxyl groups excluding tert-OH is 3. The zero-order chi connectivity index (χ0) is 55.9. The molecule has 0 unspecified atom stereocenters. The van der Waals surface area contributed by atoms with Crippen LogP contribution in [0.25, 0.3) is 33.4 Å². The van der Waals surface area contributed by atoms with Crippen LogP contribution in [0, 0.1) is 0 Å². The zero-order valence-corrected chi connectivity index (χ0v) is 45.1. The lowest BCUT2D eigenvalue weighted by molar-refractivity contribution is -0.161. The third-order valence-corrected chi connectivity index (χ3v) is 15.3. The maximum Gasteiger partial charge on any atom is 0.340 e. The Kier molecular flexibility index (Phi) is 18.5. The largest absolute Gasteiger partial charge is 0.455 e. The molecule has 408 valence electrons. The molecule has 12 rings (SSSR count). The molecule has 0 saturated carbocycles. The fourth-order valence-corrected chi connectivity index (χ4v) is 11.4. The first-order chi connectivity index (χ1) is 39.7. The molecule has 0 fully saturated rings. The van der Waals surface area contributed by atoms with Crippen LogP contribution in [0.5, 0.6) is 0 Å². The number of carbonyl (C=O) groups excluding carboxylic acids is 3. The Morgan fingerprint density at radius 3 is 0.790 bits per heavy atom. The summed E-state index contributed by atoms with van der Waals surface area (Å²) in [7, 11) is 0. The van der Waals surface area contributed by atoms with Gasteiger partial charge >= 0.3 is 17.9 Å². The van der Waals surface area contributed by atoms with Gasteiger partial charge in [0.1, 0.15) is 18.3 Å². The minimum Gasteiger partial charge on any atom is -0.455 e. The smallest absolute Gasteiger partial charge is 0.340 e. The van der Waals surface area contributed by atoms with Crippen molar-refractivity contribution < 1.29 is 43.9 Å². The highest BCUT2D eigenvalue weighted by atomic mass is 16.6. The van der Waals surface area contributed by atoms with E-state index in [-0.39, 0.29) is 18.3 Å². The summed E-state index contributed by atoms with van der Waals surface area (Å²) in [6.07, 6.45) is 3.32. The van der Waals surface area contributed by atoms with Gasteiger partial charge in [0.05, 0.1) is 0 Å². The van der Waals surface area contributed by atoms with E-state index in [2.05, 4.69) is 91.0 Å². The molecule has 9 aromatic rings. The van der Waals surface area contributed by atoms with Gasteiger partial charge in [0, 0.05) is 16.7 Å². The van der Waals surface area contributed by atoms with E-state index in [0.717, 1.165) is 108 Å². The van der Waals surface area contributed by atoms with E-state index in [0.29, 0.717) is 16.7 Å². The highest BCUT2D eigenvalue weighted by molar-refractivity contribution is 5.80. The number of benzene rings is 9. The molecule has 3 aliphatic rings. The van der Waals surface area contributed by atoms with Gasteiger partial charge in [0.25, 0.3) is 0 Å². The molecule has 9 heteroatoms. The van der Waals surface area contributed by atoms with Gasteiger partial charge in [-0.2, -0.15) is 0 Å². The minimum atomic E-state index is -1.26. The van der Waals surface area contributed by atoms with Crippen LogP contribution in [0.3, 0.4) is 0 Å². The van der Waals surface area contributed by atoms with Crippen molar-refractivity contribution in [3.63, 3.8) is 0 Å². The lowest BCUT2D eigenvalue weighted by Crippen LogP contribution is -2.22. The number of esters is 3. The first-order valence-corrected chi connectivity index (χ1v) is 28.0. The third-order valence-electron chi connectivity index (χ3n) is 15.3. The van der Waals surface area contributed by atoms with Crippen LogP contribution in [0.4, 0.5) is 0 Å². The van der Waals surface area contributed by atoms with Gasteiger partial charge in [0.15, 0.2) is 18.3 Å². The van der Waals surface area contributed by atoms with Gasteiger partial charge in [-0.05, 0) is 125 Å². The summed E-state index contributed by atoms with van der Waals surface area (Å²) in [4.78, 5) is 37.8. The molecular formula is C72H66O9. The van der Waals surface area contributed by atoms with Gasteiger partial charge in [-0.1, -0.05) is 237 Å². The lowest BCUT2D eigenvalue weighted by Gasteiger charge is -2.29. The molecule has 0 amide bonds. The summed E-state index contributed by atoms with van der Waals surface area (Å²) in [5, 5.41) is 31.1. The second-order valence-corrected chi connectivity index (χ2v) is 20.6. The second kappa shape index (κ2) is 27.0. The van der Waals surface area contributed by atoms with E-state index in [9.17, 15) is 29.7 Å². The number of ether oxygens (including phenoxy) is 3. The number of hydrogen-bond donors (Lipinski definition) is 3. The van der Waals surface area contributed by atoms with Gasteiger partial charge in [-0.25, -0.2) is 14.4 Å². The highest BCUT2D eigenvalue weighted by Gasteiger charge is 2.33. The summed E-state index contributed by atoms with van der Waals surface area (Å²) in [6, 6.07) is 76.0. The molecule has 6 atom stereocenters. The molecule has 0 aliphatic heterocycles. The Bertz CT molecular complexity index is 3130. The number of rotatable bonds is 12. The van der Waals surface area contributed by atoms with E-state index >= 15 is 0 Å². The van der Waals surface area contributed by atoms with Crippen molar-refractivity contribution >= 4 is 17.9 Å². The van der Waals surface area contributed by atoms with E-state index < -0.39 is 36.2 Å². The Balaban J connectivity index is 0.000000136. The SMILES string of the molecule is O=C(O[C@H]1CCCc2cccc(-c3ccccc3)c21)[C@@H](O)c1ccccc1.O=C(O[C@H]1CCCc2cccc(-c3ccccc3)c21)[C@@H](O)c1ccccc1.O=C(O[C@H]1CCCc2cccc(-c3ccccc3)c21)[C@@H](O)c1ccccc1. The van der Waals surface area contributed by atoms with E-state index in [1.807, 2.05) is 72.8 Å². The predicted molar refractivity (Wildman–Crippen MR) is 315 cm³/mol. The molecule has 9 aromatic carbocycles. The molecule has 0 saturated heterocycles. The van der Waals surface area contributed by atoms with Crippen LogP contribution < -0.4 is 0 Å². The fraction of sp³-hybridized carbons (Fsp3) is 0.208. The molecule has 0 spiro atoms. The number of aliphatic hydroxyl groups is 3. The minimum absolute atomic E-state index is 0.337. The van der Waals surface area contributed by atoms with Gasteiger partial charge < -0.3 is 29.5 Å². The topological polar surface area (TPSA) is 140 Å². The standard InChI is InChI=1S/3C24H22O3/c3*25-23(19-11-5-2-6-12-19)24(26)27-21-16-8-14-18-13-7-15-20(22(18)21)17-9-3-1-4-10-17/h3*1-7,9-13,15,21,23,25H,8,14,16H2/t3*21-,23-/m000/s1. The van der Waals surface area contributed by atoms with Crippen LogP contribution >= 0.6 is 0 Å². The van der Waals surface area contributed by atoms with Crippen molar-refractivity contribution in [2.45, 2.75) is 94.4 Å². The van der Waals surface area contributed by atoms with E-state index in [1.165, 1.54) is 16.7 Å². The Morgan fingerprint density at radius 2 is 0.543 bits per heavy atom. The monoisotopic (exact) mass is 1070 g/mol. The second-order valence-electron chi connectivity index (χ2n) is 20.6. The van der Waals surface area contributed by atoms with Crippen molar-refractivity contribution in [1.29, 1.82) is 0 Å². The number of aryl methyl sites for hydroxylation is 3. The van der Waals surface area contributed by atoms with Crippen LogP contribution in [0.1, 0.15) is 125 Å².